The van der Waals surface area contributed by atoms with Gasteiger partial charge in [-0.25, -0.2) is 9.97 Å². The first-order chi connectivity index (χ1) is 11.4. The SMILES string of the molecule is NSNCCC1CCN(c2ccnc(-c3cccnc3)n2)CC1. The number of hydrogen-bond acceptors (Lipinski definition) is 7. The van der Waals surface area contributed by atoms with E-state index in [2.05, 4.69) is 19.6 Å². The van der Waals surface area contributed by atoms with E-state index < -0.39 is 0 Å². The second-order valence-corrected chi connectivity index (χ2v) is 6.24. The van der Waals surface area contributed by atoms with Gasteiger partial charge in [0.05, 0.1) is 0 Å². The van der Waals surface area contributed by atoms with Crippen LogP contribution in [-0.4, -0.2) is 34.6 Å². The van der Waals surface area contributed by atoms with Crippen molar-refractivity contribution in [3.8, 4) is 11.4 Å². The Morgan fingerprint density at radius 3 is 2.87 bits per heavy atom. The molecule has 0 aliphatic carbocycles. The molecule has 122 valence electrons. The summed E-state index contributed by atoms with van der Waals surface area (Å²) in [5.41, 5.74) is 0.953. The van der Waals surface area contributed by atoms with Gasteiger partial charge in [0.1, 0.15) is 5.82 Å². The lowest BCUT2D eigenvalue weighted by Crippen LogP contribution is -2.35. The van der Waals surface area contributed by atoms with Gasteiger partial charge in [0.15, 0.2) is 5.82 Å². The predicted molar refractivity (Wildman–Crippen MR) is 94.6 cm³/mol. The van der Waals surface area contributed by atoms with E-state index in [9.17, 15) is 0 Å². The number of aromatic nitrogens is 3. The van der Waals surface area contributed by atoms with Gasteiger partial charge < -0.3 is 4.90 Å². The molecule has 0 atom stereocenters. The molecule has 0 bridgehead atoms. The molecule has 3 N–H and O–H groups in total. The Labute approximate surface area is 141 Å². The van der Waals surface area contributed by atoms with E-state index >= 15 is 0 Å². The van der Waals surface area contributed by atoms with Crippen molar-refractivity contribution in [1.82, 2.24) is 19.7 Å². The fraction of sp³-hybridized carbons (Fsp3) is 0.438. The van der Waals surface area contributed by atoms with Crippen LogP contribution in [0.4, 0.5) is 5.82 Å². The van der Waals surface area contributed by atoms with Crippen molar-refractivity contribution in [2.45, 2.75) is 19.3 Å². The van der Waals surface area contributed by atoms with Crippen LogP contribution in [0.2, 0.25) is 0 Å². The smallest absolute Gasteiger partial charge is 0.163 e. The molecule has 1 saturated heterocycles. The number of anilines is 1. The van der Waals surface area contributed by atoms with Crippen molar-refractivity contribution < 1.29 is 0 Å². The Balaban J connectivity index is 1.61. The molecule has 7 heteroatoms. The summed E-state index contributed by atoms with van der Waals surface area (Å²) in [6.45, 7) is 3.07. The lowest BCUT2D eigenvalue weighted by atomic mass is 9.94. The van der Waals surface area contributed by atoms with E-state index in [0.29, 0.717) is 0 Å². The molecule has 3 rings (SSSR count). The minimum Gasteiger partial charge on any atom is -0.356 e. The summed E-state index contributed by atoms with van der Waals surface area (Å²) in [7, 11) is 0. The molecule has 1 aliphatic rings. The molecule has 3 heterocycles. The molecule has 0 unspecified atom stereocenters. The highest BCUT2D eigenvalue weighted by Gasteiger charge is 2.20. The number of nitrogens with zero attached hydrogens (tertiary/aromatic N) is 4. The molecular formula is C16H22N6S. The molecule has 0 aromatic carbocycles. The average molecular weight is 330 g/mol. The summed E-state index contributed by atoms with van der Waals surface area (Å²) >= 11 is 1.20. The highest BCUT2D eigenvalue weighted by atomic mass is 32.2. The molecule has 0 radical (unpaired) electrons. The van der Waals surface area contributed by atoms with Crippen LogP contribution in [0.5, 0.6) is 0 Å². The van der Waals surface area contributed by atoms with Crippen LogP contribution in [0, 0.1) is 5.92 Å². The summed E-state index contributed by atoms with van der Waals surface area (Å²) in [6, 6.07) is 5.89. The molecule has 1 fully saturated rings. The predicted octanol–water partition coefficient (Wildman–Crippen LogP) is 2.26. The quantitative estimate of drug-likeness (QED) is 0.621. The summed E-state index contributed by atoms with van der Waals surface area (Å²) in [4.78, 5) is 15.6. The lowest BCUT2D eigenvalue weighted by Gasteiger charge is -2.32. The van der Waals surface area contributed by atoms with Crippen LogP contribution < -0.4 is 14.8 Å². The van der Waals surface area contributed by atoms with Gasteiger partial charge in [-0.05, 0) is 43.4 Å². The van der Waals surface area contributed by atoms with E-state index in [1.807, 2.05) is 24.4 Å². The zero-order valence-corrected chi connectivity index (χ0v) is 13.9. The molecule has 2 aromatic heterocycles. The first-order valence-electron chi connectivity index (χ1n) is 7.94. The normalized spacial score (nSPS) is 15.8. The zero-order valence-electron chi connectivity index (χ0n) is 13.1. The molecule has 0 amide bonds. The fourth-order valence-electron chi connectivity index (χ4n) is 2.93. The summed E-state index contributed by atoms with van der Waals surface area (Å²) in [5, 5.41) is 5.38. The third-order valence-corrected chi connectivity index (χ3v) is 4.61. The van der Waals surface area contributed by atoms with Crippen LogP contribution in [0.15, 0.2) is 36.8 Å². The fourth-order valence-corrected chi connectivity index (χ4v) is 3.17. The van der Waals surface area contributed by atoms with E-state index in [-0.39, 0.29) is 0 Å². The van der Waals surface area contributed by atoms with Crippen LogP contribution in [-0.2, 0) is 0 Å². The Morgan fingerprint density at radius 2 is 2.13 bits per heavy atom. The lowest BCUT2D eigenvalue weighted by molar-refractivity contribution is 0.382. The maximum atomic E-state index is 5.38. The molecule has 2 aromatic rings. The summed E-state index contributed by atoms with van der Waals surface area (Å²) in [6.07, 6.45) is 8.97. The van der Waals surface area contributed by atoms with Gasteiger partial charge in [-0.15, -0.1) is 0 Å². The topological polar surface area (TPSA) is 80.0 Å². The molecule has 0 spiro atoms. The monoisotopic (exact) mass is 330 g/mol. The zero-order chi connectivity index (χ0) is 15.9. The van der Waals surface area contributed by atoms with E-state index in [4.69, 9.17) is 10.1 Å². The maximum Gasteiger partial charge on any atom is 0.163 e. The van der Waals surface area contributed by atoms with Crippen molar-refractivity contribution >= 4 is 18.0 Å². The molecule has 6 nitrogen and oxygen atoms in total. The highest BCUT2D eigenvalue weighted by molar-refractivity contribution is 7.95. The second-order valence-electron chi connectivity index (χ2n) is 5.71. The highest BCUT2D eigenvalue weighted by Crippen LogP contribution is 2.25. The van der Waals surface area contributed by atoms with E-state index in [1.54, 1.807) is 12.4 Å². The first kappa shape index (κ1) is 16.2. The van der Waals surface area contributed by atoms with Crippen molar-refractivity contribution in [3.05, 3.63) is 36.8 Å². The van der Waals surface area contributed by atoms with E-state index in [1.165, 1.54) is 31.4 Å². The molecular weight excluding hydrogens is 308 g/mol. The van der Waals surface area contributed by atoms with Crippen LogP contribution in [0.25, 0.3) is 11.4 Å². The number of rotatable bonds is 6. The molecule has 1 aliphatic heterocycles. The first-order valence-corrected chi connectivity index (χ1v) is 8.82. The van der Waals surface area contributed by atoms with Crippen molar-refractivity contribution in [1.29, 1.82) is 0 Å². The van der Waals surface area contributed by atoms with E-state index in [0.717, 1.165) is 42.8 Å². The summed E-state index contributed by atoms with van der Waals surface area (Å²) in [5.74, 6) is 2.51. The van der Waals surface area contributed by atoms with Gasteiger partial charge in [0, 0.05) is 55.9 Å². The number of hydrogen-bond donors (Lipinski definition) is 2. The summed E-state index contributed by atoms with van der Waals surface area (Å²) < 4.78 is 3.12. The Kier molecular flexibility index (Phi) is 5.79. The Morgan fingerprint density at radius 1 is 1.26 bits per heavy atom. The largest absolute Gasteiger partial charge is 0.356 e. The van der Waals surface area contributed by atoms with Gasteiger partial charge in [-0.1, -0.05) is 0 Å². The van der Waals surface area contributed by atoms with Crippen molar-refractivity contribution in [3.63, 3.8) is 0 Å². The van der Waals surface area contributed by atoms with Crippen molar-refractivity contribution in [2.75, 3.05) is 24.5 Å². The van der Waals surface area contributed by atoms with Gasteiger partial charge >= 0.3 is 0 Å². The minimum absolute atomic E-state index is 0.738. The van der Waals surface area contributed by atoms with Gasteiger partial charge in [0.25, 0.3) is 0 Å². The minimum atomic E-state index is 0.738. The van der Waals surface area contributed by atoms with Crippen molar-refractivity contribution in [2.24, 2.45) is 11.1 Å². The number of nitrogens with one attached hydrogen (secondary N) is 1. The second kappa shape index (κ2) is 8.24. The van der Waals surface area contributed by atoms with Crippen LogP contribution >= 0.6 is 12.1 Å². The van der Waals surface area contributed by atoms with Crippen LogP contribution in [0.3, 0.4) is 0 Å². The number of pyridine rings is 1. The number of nitrogens with two attached hydrogens (primary N) is 1. The Hall–Kier alpha value is -1.70. The molecule has 23 heavy (non-hydrogen) atoms. The average Bonchev–Trinajstić information content (AvgIpc) is 2.63. The third kappa shape index (κ3) is 4.40. The Bertz CT molecular complexity index is 601. The standard InChI is InChI=1S/C16H22N6S/c17-23-20-9-3-13-5-10-22(11-6-13)15-4-8-19-16(21-15)14-2-1-7-18-12-14/h1-2,4,7-8,12-13,20H,3,5-6,9-11,17H2. The van der Waals surface area contributed by atoms with Crippen LogP contribution in [0.1, 0.15) is 19.3 Å². The maximum absolute atomic E-state index is 5.38. The van der Waals surface area contributed by atoms with Gasteiger partial charge in [-0.2, -0.15) is 0 Å². The van der Waals surface area contributed by atoms with Gasteiger partial charge in [-0.3, -0.25) is 14.8 Å². The van der Waals surface area contributed by atoms with Gasteiger partial charge in [0.2, 0.25) is 0 Å². The third-order valence-electron chi connectivity index (χ3n) is 4.24. The number of piperidine rings is 1. The molecule has 0 saturated carbocycles.